The molecular weight excluding hydrogens is 249 g/mol. The van der Waals surface area contributed by atoms with E-state index in [1.54, 1.807) is 0 Å². The van der Waals surface area contributed by atoms with Crippen molar-refractivity contribution < 1.29 is 0 Å². The molecule has 1 nitrogen and oxygen atoms in total. The molecule has 0 aliphatic rings. The standard InChI is InChI=1S/C13H15NSe/c1-2-3-5-10-13(11-14)15-12-8-6-4-7-9-12/h4,6-10H,2-3,5H2,1H3/b13-10+. The van der Waals surface area contributed by atoms with E-state index in [0.29, 0.717) is 0 Å². The summed E-state index contributed by atoms with van der Waals surface area (Å²) in [6, 6.07) is 12.5. The van der Waals surface area contributed by atoms with Crippen molar-refractivity contribution in [3.05, 3.63) is 40.9 Å². The zero-order valence-electron chi connectivity index (χ0n) is 8.94. The fraction of sp³-hybridized carbons (Fsp3) is 0.308. The normalized spacial score (nSPS) is 11.1. The van der Waals surface area contributed by atoms with E-state index in [9.17, 15) is 0 Å². The summed E-state index contributed by atoms with van der Waals surface area (Å²) in [5.41, 5.74) is 0. The second-order valence-electron chi connectivity index (χ2n) is 3.24. The third kappa shape index (κ3) is 4.83. The first-order valence-electron chi connectivity index (χ1n) is 5.20. The number of benzene rings is 1. The molecule has 1 aromatic carbocycles. The Labute approximate surface area is 98.0 Å². The fourth-order valence-electron chi connectivity index (χ4n) is 1.16. The van der Waals surface area contributed by atoms with Gasteiger partial charge in [-0.05, 0) is 0 Å². The van der Waals surface area contributed by atoms with Crippen molar-refractivity contribution in [2.75, 3.05) is 0 Å². The Kier molecular flexibility index (Phi) is 5.85. The molecule has 0 spiro atoms. The first-order chi connectivity index (χ1) is 7.36. The van der Waals surface area contributed by atoms with Gasteiger partial charge in [0, 0.05) is 0 Å². The van der Waals surface area contributed by atoms with Gasteiger partial charge in [0.25, 0.3) is 0 Å². The molecule has 2 heteroatoms. The van der Waals surface area contributed by atoms with Crippen molar-refractivity contribution in [1.29, 1.82) is 5.26 Å². The van der Waals surface area contributed by atoms with Crippen LogP contribution < -0.4 is 4.46 Å². The van der Waals surface area contributed by atoms with E-state index >= 15 is 0 Å². The zero-order valence-corrected chi connectivity index (χ0v) is 10.7. The van der Waals surface area contributed by atoms with Crippen LogP contribution in [-0.2, 0) is 0 Å². The summed E-state index contributed by atoms with van der Waals surface area (Å²) in [4.78, 5) is 0. The van der Waals surface area contributed by atoms with Crippen LogP contribution in [0.25, 0.3) is 0 Å². The monoisotopic (exact) mass is 265 g/mol. The fourth-order valence-corrected chi connectivity index (χ4v) is 2.83. The molecule has 0 radical (unpaired) electrons. The van der Waals surface area contributed by atoms with Gasteiger partial charge in [0.1, 0.15) is 0 Å². The Bertz CT molecular complexity index is 349. The van der Waals surface area contributed by atoms with Crippen molar-refractivity contribution in [2.24, 2.45) is 0 Å². The molecule has 0 amide bonds. The SMILES string of the molecule is CCCC/C=C(\C#N)[Se]c1ccccc1. The van der Waals surface area contributed by atoms with E-state index in [1.165, 1.54) is 17.3 Å². The molecule has 0 aliphatic heterocycles. The van der Waals surface area contributed by atoms with Crippen LogP contribution in [0.5, 0.6) is 0 Å². The molecule has 0 N–H and O–H groups in total. The van der Waals surface area contributed by atoms with E-state index in [4.69, 9.17) is 5.26 Å². The molecule has 0 aliphatic carbocycles. The molecule has 15 heavy (non-hydrogen) atoms. The Hall–Kier alpha value is -1.03. The predicted octanol–water partition coefficient (Wildman–Crippen LogP) is 2.61. The number of rotatable bonds is 5. The molecule has 0 fully saturated rings. The van der Waals surface area contributed by atoms with E-state index in [2.05, 4.69) is 31.2 Å². The van der Waals surface area contributed by atoms with E-state index < -0.39 is 0 Å². The molecule has 0 heterocycles. The van der Waals surface area contributed by atoms with Crippen molar-refractivity contribution in [1.82, 2.24) is 0 Å². The van der Waals surface area contributed by atoms with Gasteiger partial charge in [0.05, 0.1) is 0 Å². The number of hydrogen-bond acceptors (Lipinski definition) is 1. The van der Waals surface area contributed by atoms with Crippen LogP contribution in [-0.4, -0.2) is 15.0 Å². The van der Waals surface area contributed by atoms with Gasteiger partial charge < -0.3 is 0 Å². The molecule has 0 saturated heterocycles. The molecule has 1 rings (SSSR count). The summed E-state index contributed by atoms with van der Waals surface area (Å²) in [5.74, 6) is 0. The van der Waals surface area contributed by atoms with Gasteiger partial charge in [-0.2, -0.15) is 0 Å². The van der Waals surface area contributed by atoms with Gasteiger partial charge in [0.2, 0.25) is 0 Å². The molecule has 0 unspecified atom stereocenters. The van der Waals surface area contributed by atoms with Crippen LogP contribution in [0, 0.1) is 11.3 Å². The summed E-state index contributed by atoms with van der Waals surface area (Å²) in [7, 11) is 0. The predicted molar refractivity (Wildman–Crippen MR) is 65.1 cm³/mol. The van der Waals surface area contributed by atoms with Crippen LogP contribution in [0.1, 0.15) is 26.2 Å². The second kappa shape index (κ2) is 7.29. The average Bonchev–Trinajstić information content (AvgIpc) is 2.29. The van der Waals surface area contributed by atoms with Crippen LogP contribution in [0.2, 0.25) is 0 Å². The van der Waals surface area contributed by atoms with E-state index in [-0.39, 0.29) is 15.0 Å². The summed E-state index contributed by atoms with van der Waals surface area (Å²) < 4.78 is 2.22. The van der Waals surface area contributed by atoms with Crippen LogP contribution >= 0.6 is 0 Å². The number of allylic oxidation sites excluding steroid dienone is 2. The number of nitriles is 1. The molecule has 0 saturated carbocycles. The van der Waals surface area contributed by atoms with Gasteiger partial charge in [-0.25, -0.2) is 0 Å². The Morgan fingerprint density at radius 2 is 2.13 bits per heavy atom. The number of unbranched alkanes of at least 4 members (excludes halogenated alkanes) is 2. The Balaban J connectivity index is 2.55. The van der Waals surface area contributed by atoms with Gasteiger partial charge in [0.15, 0.2) is 0 Å². The Morgan fingerprint density at radius 3 is 2.73 bits per heavy atom. The molecule has 0 atom stereocenters. The molecular formula is C13H15NSe. The van der Waals surface area contributed by atoms with E-state index in [1.807, 2.05) is 18.2 Å². The number of nitrogens with zero attached hydrogens (tertiary/aromatic N) is 1. The van der Waals surface area contributed by atoms with Crippen molar-refractivity contribution >= 4 is 19.4 Å². The molecule has 1 aromatic rings. The summed E-state index contributed by atoms with van der Waals surface area (Å²) in [5, 5.41) is 8.98. The first kappa shape index (κ1) is 12.0. The Morgan fingerprint density at radius 1 is 1.40 bits per heavy atom. The van der Waals surface area contributed by atoms with Crippen LogP contribution in [0.3, 0.4) is 0 Å². The van der Waals surface area contributed by atoms with Crippen molar-refractivity contribution in [2.45, 2.75) is 26.2 Å². The van der Waals surface area contributed by atoms with Crippen LogP contribution in [0.15, 0.2) is 40.9 Å². The number of hydrogen-bond donors (Lipinski definition) is 0. The van der Waals surface area contributed by atoms with Crippen molar-refractivity contribution in [3.8, 4) is 6.07 Å². The van der Waals surface area contributed by atoms with Gasteiger partial charge in [-0.1, -0.05) is 0 Å². The maximum atomic E-state index is 8.98. The van der Waals surface area contributed by atoms with Crippen molar-refractivity contribution in [3.63, 3.8) is 0 Å². The molecule has 0 bridgehead atoms. The van der Waals surface area contributed by atoms with Gasteiger partial charge >= 0.3 is 97.8 Å². The summed E-state index contributed by atoms with van der Waals surface area (Å²) in [6.45, 7) is 2.17. The van der Waals surface area contributed by atoms with Gasteiger partial charge in [-0.15, -0.1) is 0 Å². The minimum absolute atomic E-state index is 0.184. The summed E-state index contributed by atoms with van der Waals surface area (Å²) in [6.07, 6.45) is 5.49. The topological polar surface area (TPSA) is 23.8 Å². The quantitative estimate of drug-likeness (QED) is 0.455. The molecule has 78 valence electrons. The maximum absolute atomic E-state index is 8.98. The zero-order chi connectivity index (χ0) is 10.9. The van der Waals surface area contributed by atoms with Gasteiger partial charge in [-0.3, -0.25) is 0 Å². The third-order valence-electron chi connectivity index (χ3n) is 1.97. The first-order valence-corrected chi connectivity index (χ1v) is 6.91. The van der Waals surface area contributed by atoms with E-state index in [0.717, 1.165) is 10.9 Å². The minimum atomic E-state index is 0.184. The second-order valence-corrected chi connectivity index (χ2v) is 5.58. The molecule has 0 aromatic heterocycles. The summed E-state index contributed by atoms with van der Waals surface area (Å²) >= 11 is 0.184. The average molecular weight is 264 g/mol. The van der Waals surface area contributed by atoms with Crippen LogP contribution in [0.4, 0.5) is 0 Å². The third-order valence-corrected chi connectivity index (χ3v) is 4.04.